The highest BCUT2D eigenvalue weighted by Crippen LogP contribution is 2.25. The number of hydrogen-bond acceptors (Lipinski definition) is 5. The number of ether oxygens (including phenoxy) is 4. The molecule has 0 unspecified atom stereocenters. The lowest BCUT2D eigenvalue weighted by atomic mass is 10.2. The van der Waals surface area contributed by atoms with Gasteiger partial charge in [-0.1, -0.05) is 42.5 Å². The van der Waals surface area contributed by atoms with Gasteiger partial charge >= 0.3 is 5.97 Å². The maximum atomic E-state index is 12.0. The summed E-state index contributed by atoms with van der Waals surface area (Å²) in [6.45, 7) is 0.263. The average Bonchev–Trinajstić information content (AvgIpc) is 2.72. The molecule has 0 N–H and O–H groups in total. The zero-order valence-electron chi connectivity index (χ0n) is 15.0. The molecule has 0 amide bonds. The molecule has 3 aromatic carbocycles. The van der Waals surface area contributed by atoms with Gasteiger partial charge in [-0.05, 0) is 42.0 Å². The van der Waals surface area contributed by atoms with E-state index >= 15 is 0 Å². The van der Waals surface area contributed by atoms with Crippen LogP contribution in [0.15, 0.2) is 78.9 Å². The normalized spacial score (nSPS) is 10.1. The fourth-order valence-corrected chi connectivity index (χ4v) is 2.38. The van der Waals surface area contributed by atoms with Crippen LogP contribution in [0.3, 0.4) is 0 Å². The number of benzene rings is 3. The van der Waals surface area contributed by atoms with Gasteiger partial charge in [0.15, 0.2) is 18.1 Å². The van der Waals surface area contributed by atoms with E-state index in [9.17, 15) is 4.79 Å². The molecule has 0 saturated carbocycles. The maximum absolute atomic E-state index is 12.0. The Hall–Kier alpha value is -3.47. The van der Waals surface area contributed by atoms with Crippen molar-refractivity contribution < 1.29 is 23.7 Å². The van der Waals surface area contributed by atoms with E-state index in [4.69, 9.17) is 18.9 Å². The predicted molar refractivity (Wildman–Crippen MR) is 101 cm³/mol. The van der Waals surface area contributed by atoms with Crippen LogP contribution in [0.25, 0.3) is 0 Å². The Morgan fingerprint density at radius 3 is 2.07 bits per heavy atom. The number of para-hydroxylation sites is 2. The quantitative estimate of drug-likeness (QED) is 0.442. The molecule has 0 aromatic heterocycles. The van der Waals surface area contributed by atoms with Gasteiger partial charge < -0.3 is 18.9 Å². The van der Waals surface area contributed by atoms with Crippen molar-refractivity contribution in [3.8, 4) is 23.0 Å². The third-order valence-corrected chi connectivity index (χ3v) is 3.72. The predicted octanol–water partition coefficient (Wildman–Crippen LogP) is 4.26. The second-order valence-corrected chi connectivity index (χ2v) is 5.66. The molecule has 5 heteroatoms. The smallest absolute Gasteiger partial charge is 0.349 e. The van der Waals surface area contributed by atoms with Gasteiger partial charge in [0, 0.05) is 0 Å². The Morgan fingerprint density at radius 2 is 1.37 bits per heavy atom. The summed E-state index contributed by atoms with van der Waals surface area (Å²) in [6.07, 6.45) is 0. The van der Waals surface area contributed by atoms with E-state index in [1.807, 2.05) is 36.4 Å². The van der Waals surface area contributed by atoms with Gasteiger partial charge in [-0.3, -0.25) is 0 Å². The summed E-state index contributed by atoms with van der Waals surface area (Å²) in [5.41, 5.74) is 1.08. The summed E-state index contributed by atoms with van der Waals surface area (Å²) in [5.74, 6) is 1.67. The molecule has 5 nitrogen and oxygen atoms in total. The molecule has 0 atom stereocenters. The first-order chi connectivity index (χ1) is 13.2. The van der Waals surface area contributed by atoms with Crippen LogP contribution in [-0.4, -0.2) is 19.7 Å². The third kappa shape index (κ3) is 5.51. The molecule has 0 saturated heterocycles. The number of hydrogen-bond donors (Lipinski definition) is 0. The Kier molecular flexibility index (Phi) is 6.30. The van der Waals surface area contributed by atoms with Gasteiger partial charge in [-0.15, -0.1) is 0 Å². The van der Waals surface area contributed by atoms with Crippen LogP contribution < -0.4 is 18.9 Å². The van der Waals surface area contributed by atoms with Crippen LogP contribution >= 0.6 is 0 Å². The Labute approximate surface area is 158 Å². The van der Waals surface area contributed by atoms with Crippen LogP contribution in [0.4, 0.5) is 0 Å². The lowest BCUT2D eigenvalue weighted by molar-refractivity contribution is -0.136. The molecule has 0 radical (unpaired) electrons. The lowest BCUT2D eigenvalue weighted by Gasteiger charge is -2.10. The van der Waals surface area contributed by atoms with E-state index in [2.05, 4.69) is 0 Å². The topological polar surface area (TPSA) is 54.0 Å². The van der Waals surface area contributed by atoms with E-state index in [-0.39, 0.29) is 6.61 Å². The highest BCUT2D eigenvalue weighted by atomic mass is 16.6. The van der Waals surface area contributed by atoms with Gasteiger partial charge in [0.05, 0.1) is 7.11 Å². The van der Waals surface area contributed by atoms with Gasteiger partial charge in [-0.2, -0.15) is 0 Å². The van der Waals surface area contributed by atoms with Gasteiger partial charge in [-0.25, -0.2) is 4.79 Å². The molecule has 0 aliphatic carbocycles. The second kappa shape index (κ2) is 9.29. The van der Waals surface area contributed by atoms with E-state index in [0.29, 0.717) is 29.6 Å². The first-order valence-corrected chi connectivity index (χ1v) is 8.48. The Morgan fingerprint density at radius 1 is 0.741 bits per heavy atom. The van der Waals surface area contributed by atoms with Crippen molar-refractivity contribution in [2.24, 2.45) is 0 Å². The molecule has 0 heterocycles. The first-order valence-electron chi connectivity index (χ1n) is 8.48. The summed E-state index contributed by atoms with van der Waals surface area (Å²) in [6, 6.07) is 23.9. The van der Waals surface area contributed by atoms with Crippen LogP contribution in [0.1, 0.15) is 5.56 Å². The minimum atomic E-state index is -0.501. The summed E-state index contributed by atoms with van der Waals surface area (Å²) in [5, 5.41) is 0. The minimum Gasteiger partial charge on any atom is -0.493 e. The van der Waals surface area contributed by atoms with Gasteiger partial charge in [0.2, 0.25) is 0 Å². The van der Waals surface area contributed by atoms with Crippen molar-refractivity contribution in [2.75, 3.05) is 13.7 Å². The highest BCUT2D eigenvalue weighted by molar-refractivity contribution is 5.74. The van der Waals surface area contributed by atoms with E-state index < -0.39 is 5.97 Å². The van der Waals surface area contributed by atoms with Gasteiger partial charge in [0.25, 0.3) is 0 Å². The Balaban J connectivity index is 1.48. The van der Waals surface area contributed by atoms with E-state index in [1.54, 1.807) is 49.6 Å². The van der Waals surface area contributed by atoms with Crippen molar-refractivity contribution in [3.63, 3.8) is 0 Å². The monoisotopic (exact) mass is 364 g/mol. The zero-order chi connectivity index (χ0) is 18.9. The van der Waals surface area contributed by atoms with Gasteiger partial charge in [0.1, 0.15) is 18.1 Å². The largest absolute Gasteiger partial charge is 0.493 e. The maximum Gasteiger partial charge on any atom is 0.349 e. The number of methoxy groups -OCH3 is 1. The van der Waals surface area contributed by atoms with Crippen molar-refractivity contribution >= 4 is 5.97 Å². The van der Waals surface area contributed by atoms with Crippen molar-refractivity contribution in [2.45, 2.75) is 6.61 Å². The van der Waals surface area contributed by atoms with E-state index in [1.165, 1.54) is 0 Å². The second-order valence-electron chi connectivity index (χ2n) is 5.66. The van der Waals surface area contributed by atoms with Crippen LogP contribution in [-0.2, 0) is 11.4 Å². The molecule has 0 aliphatic heterocycles. The molecule has 3 aromatic rings. The van der Waals surface area contributed by atoms with Crippen molar-refractivity contribution in [3.05, 3.63) is 84.4 Å². The summed E-state index contributed by atoms with van der Waals surface area (Å²) in [4.78, 5) is 12.0. The molecule has 27 heavy (non-hydrogen) atoms. The standard InChI is InChI=1S/C22H20O5/c1-24-20-9-5-6-10-21(20)26-16-22(23)27-19-13-11-18(12-14-19)25-15-17-7-3-2-4-8-17/h2-14H,15-16H2,1H3. The Bertz CT molecular complexity index is 859. The zero-order valence-corrected chi connectivity index (χ0v) is 15.0. The summed E-state index contributed by atoms with van der Waals surface area (Å²) >= 11 is 0. The lowest BCUT2D eigenvalue weighted by Crippen LogP contribution is -2.17. The molecule has 0 aliphatic rings. The fraction of sp³-hybridized carbons (Fsp3) is 0.136. The van der Waals surface area contributed by atoms with Crippen molar-refractivity contribution in [1.29, 1.82) is 0 Å². The SMILES string of the molecule is COc1ccccc1OCC(=O)Oc1ccc(OCc2ccccc2)cc1. The van der Waals surface area contributed by atoms with E-state index in [0.717, 1.165) is 5.56 Å². The minimum absolute atomic E-state index is 0.216. The number of rotatable bonds is 8. The highest BCUT2D eigenvalue weighted by Gasteiger charge is 2.09. The molecule has 0 bridgehead atoms. The van der Waals surface area contributed by atoms with Crippen LogP contribution in [0, 0.1) is 0 Å². The molecule has 0 fully saturated rings. The molecule has 138 valence electrons. The third-order valence-electron chi connectivity index (χ3n) is 3.72. The van der Waals surface area contributed by atoms with Crippen molar-refractivity contribution in [1.82, 2.24) is 0 Å². The molecular weight excluding hydrogens is 344 g/mol. The van der Waals surface area contributed by atoms with Crippen LogP contribution in [0.5, 0.6) is 23.0 Å². The summed E-state index contributed by atoms with van der Waals surface area (Å²) < 4.78 is 21.6. The summed E-state index contributed by atoms with van der Waals surface area (Å²) in [7, 11) is 1.54. The number of carbonyl (C=O) groups excluding carboxylic acids is 1. The molecular formula is C22H20O5. The molecule has 0 spiro atoms. The number of esters is 1. The van der Waals surface area contributed by atoms with Crippen LogP contribution in [0.2, 0.25) is 0 Å². The molecule has 3 rings (SSSR count). The fourth-order valence-electron chi connectivity index (χ4n) is 2.38. The number of carbonyl (C=O) groups is 1. The first kappa shape index (κ1) is 18.3. The average molecular weight is 364 g/mol.